The lowest BCUT2D eigenvalue weighted by Crippen LogP contribution is -2.30. The van der Waals surface area contributed by atoms with E-state index in [2.05, 4.69) is 45.9 Å². The predicted octanol–water partition coefficient (Wildman–Crippen LogP) is 4.81. The number of rotatable bonds is 6. The molecule has 1 aliphatic heterocycles. The summed E-state index contributed by atoms with van der Waals surface area (Å²) < 4.78 is 27.8. The second-order valence-electron chi connectivity index (χ2n) is 7.94. The third-order valence-electron chi connectivity index (χ3n) is 5.70. The van der Waals surface area contributed by atoms with Gasteiger partial charge in [-0.15, -0.1) is 0 Å². The van der Waals surface area contributed by atoms with E-state index >= 15 is 0 Å². The number of nitrogens with zero attached hydrogens (tertiary/aromatic N) is 2. The standard InChI is InChI=1S/C23H26F2N4/c1-14(17-6-9-20-15(2)26-10-4-5-18(20)11-17)21-12-27-22(29-16(21)3)28-13-23(24,25)19-7-8-19/h6,9,11-12,19,26H,1-2,4-5,7-8,10,13H2,3H3,(H,27,28,29). The number of benzene rings is 1. The zero-order chi connectivity index (χ0) is 20.6. The van der Waals surface area contributed by atoms with Crippen molar-refractivity contribution in [2.24, 2.45) is 5.92 Å². The predicted molar refractivity (Wildman–Crippen MR) is 113 cm³/mol. The van der Waals surface area contributed by atoms with Crippen molar-refractivity contribution in [2.75, 3.05) is 18.4 Å². The smallest absolute Gasteiger partial charge is 0.267 e. The maximum absolute atomic E-state index is 13.9. The van der Waals surface area contributed by atoms with E-state index in [1.54, 1.807) is 6.20 Å². The molecule has 2 N–H and O–H groups in total. The van der Waals surface area contributed by atoms with E-state index in [0.717, 1.165) is 47.3 Å². The lowest BCUT2D eigenvalue weighted by Gasteiger charge is -2.17. The molecule has 152 valence electrons. The number of alkyl halides is 2. The molecule has 4 rings (SSSR count). The molecule has 4 nitrogen and oxygen atoms in total. The zero-order valence-corrected chi connectivity index (χ0v) is 16.7. The summed E-state index contributed by atoms with van der Waals surface area (Å²) in [5, 5.41) is 6.02. The van der Waals surface area contributed by atoms with Gasteiger partial charge >= 0.3 is 0 Å². The van der Waals surface area contributed by atoms with Crippen molar-refractivity contribution < 1.29 is 8.78 Å². The average Bonchev–Trinajstić information content (AvgIpc) is 3.55. The van der Waals surface area contributed by atoms with E-state index in [4.69, 9.17) is 0 Å². The average molecular weight is 396 g/mol. The van der Waals surface area contributed by atoms with Crippen LogP contribution >= 0.6 is 0 Å². The Morgan fingerprint density at radius 3 is 2.86 bits per heavy atom. The molecule has 0 radical (unpaired) electrons. The molecule has 1 aliphatic carbocycles. The van der Waals surface area contributed by atoms with Crippen LogP contribution in [-0.4, -0.2) is 29.0 Å². The van der Waals surface area contributed by atoms with Crippen molar-refractivity contribution in [3.63, 3.8) is 0 Å². The lowest BCUT2D eigenvalue weighted by atomic mass is 9.93. The summed E-state index contributed by atoms with van der Waals surface area (Å²) in [5.74, 6) is -2.99. The largest absolute Gasteiger partial charge is 0.385 e. The highest BCUT2D eigenvalue weighted by molar-refractivity contribution is 5.80. The van der Waals surface area contributed by atoms with Crippen LogP contribution in [0.4, 0.5) is 14.7 Å². The number of fused-ring (bicyclic) bond motifs is 1. The van der Waals surface area contributed by atoms with Gasteiger partial charge in [-0.05, 0) is 49.3 Å². The molecule has 1 saturated carbocycles. The summed E-state index contributed by atoms with van der Waals surface area (Å²) in [6.07, 6.45) is 4.88. The summed E-state index contributed by atoms with van der Waals surface area (Å²) in [4.78, 5) is 8.62. The van der Waals surface area contributed by atoms with Gasteiger partial charge in [0.1, 0.15) is 0 Å². The second kappa shape index (κ2) is 7.58. The van der Waals surface area contributed by atoms with Crippen molar-refractivity contribution in [3.05, 3.63) is 65.5 Å². The molecule has 0 spiro atoms. The van der Waals surface area contributed by atoms with Crippen LogP contribution in [0.1, 0.15) is 47.2 Å². The van der Waals surface area contributed by atoms with Gasteiger partial charge in [0.25, 0.3) is 5.92 Å². The highest BCUT2D eigenvalue weighted by Crippen LogP contribution is 2.43. The van der Waals surface area contributed by atoms with E-state index in [1.807, 2.05) is 13.0 Å². The fraction of sp³-hybridized carbons (Fsp3) is 0.391. The minimum atomic E-state index is -2.71. The van der Waals surface area contributed by atoms with Gasteiger partial charge in [-0.1, -0.05) is 31.4 Å². The lowest BCUT2D eigenvalue weighted by molar-refractivity contribution is -0.00832. The number of halogens is 2. The molecule has 1 aromatic heterocycles. The highest BCUT2D eigenvalue weighted by Gasteiger charge is 2.46. The first-order valence-corrected chi connectivity index (χ1v) is 10.1. The number of anilines is 1. The minimum Gasteiger partial charge on any atom is -0.385 e. The Morgan fingerprint density at radius 1 is 1.34 bits per heavy atom. The first-order valence-electron chi connectivity index (χ1n) is 10.1. The molecule has 2 aromatic rings. The topological polar surface area (TPSA) is 49.8 Å². The van der Waals surface area contributed by atoms with Crippen molar-refractivity contribution in [2.45, 2.75) is 38.5 Å². The van der Waals surface area contributed by atoms with Crippen molar-refractivity contribution in [1.29, 1.82) is 0 Å². The van der Waals surface area contributed by atoms with Crippen molar-refractivity contribution in [1.82, 2.24) is 15.3 Å². The number of hydrogen-bond donors (Lipinski definition) is 2. The van der Waals surface area contributed by atoms with Gasteiger partial charge in [0, 0.05) is 35.5 Å². The van der Waals surface area contributed by atoms with E-state index < -0.39 is 18.4 Å². The summed E-state index contributed by atoms with van der Waals surface area (Å²) >= 11 is 0. The van der Waals surface area contributed by atoms with Crippen LogP contribution < -0.4 is 10.6 Å². The van der Waals surface area contributed by atoms with Crippen LogP contribution in [0.2, 0.25) is 0 Å². The highest BCUT2D eigenvalue weighted by atomic mass is 19.3. The Balaban J connectivity index is 1.51. The van der Waals surface area contributed by atoms with E-state index in [0.29, 0.717) is 18.5 Å². The molecule has 0 bridgehead atoms. The molecule has 2 heterocycles. The first-order chi connectivity index (χ1) is 13.8. The summed E-state index contributed by atoms with van der Waals surface area (Å²) in [7, 11) is 0. The SMILES string of the molecule is C=C1NCCCc2cc(C(=C)c3cnc(NCC(F)(F)C4CC4)nc3C)ccc21. The fourth-order valence-corrected chi connectivity index (χ4v) is 3.75. The number of aryl methyl sites for hydroxylation is 2. The van der Waals surface area contributed by atoms with Crippen LogP contribution in [-0.2, 0) is 6.42 Å². The van der Waals surface area contributed by atoms with E-state index in [1.165, 1.54) is 5.56 Å². The molecule has 0 amide bonds. The Bertz CT molecular complexity index is 963. The van der Waals surface area contributed by atoms with Gasteiger partial charge in [-0.2, -0.15) is 0 Å². The summed E-state index contributed by atoms with van der Waals surface area (Å²) in [5.41, 5.74) is 6.70. The van der Waals surface area contributed by atoms with Crippen LogP contribution in [0.15, 0.2) is 37.6 Å². The van der Waals surface area contributed by atoms with Gasteiger partial charge in [0.05, 0.1) is 12.2 Å². The molecular weight excluding hydrogens is 370 g/mol. The minimum absolute atomic E-state index is 0.226. The Morgan fingerprint density at radius 2 is 2.14 bits per heavy atom. The molecule has 1 aromatic carbocycles. The van der Waals surface area contributed by atoms with Gasteiger partial charge in [0.2, 0.25) is 5.95 Å². The molecule has 1 fully saturated rings. The molecule has 2 aliphatic rings. The number of aromatic nitrogens is 2. The first kappa shape index (κ1) is 19.6. The van der Waals surface area contributed by atoms with E-state index in [-0.39, 0.29) is 5.95 Å². The molecule has 0 unspecified atom stereocenters. The fourth-order valence-electron chi connectivity index (χ4n) is 3.75. The van der Waals surface area contributed by atoms with E-state index in [9.17, 15) is 8.78 Å². The third kappa shape index (κ3) is 4.16. The maximum Gasteiger partial charge on any atom is 0.267 e. The quantitative estimate of drug-likeness (QED) is 0.736. The number of hydrogen-bond acceptors (Lipinski definition) is 4. The van der Waals surface area contributed by atoms with Gasteiger partial charge in [-0.3, -0.25) is 0 Å². The molecule has 0 saturated heterocycles. The van der Waals surface area contributed by atoms with Crippen molar-refractivity contribution in [3.8, 4) is 0 Å². The Labute approximate surface area is 170 Å². The van der Waals surface area contributed by atoms with Crippen molar-refractivity contribution >= 4 is 17.2 Å². The van der Waals surface area contributed by atoms with Crippen LogP contribution in [0.5, 0.6) is 0 Å². The zero-order valence-electron chi connectivity index (χ0n) is 16.7. The van der Waals surface area contributed by atoms with Gasteiger partial charge in [-0.25, -0.2) is 18.7 Å². The second-order valence-corrected chi connectivity index (χ2v) is 7.94. The molecule has 29 heavy (non-hydrogen) atoms. The monoisotopic (exact) mass is 396 g/mol. The Kier molecular flexibility index (Phi) is 5.11. The third-order valence-corrected chi connectivity index (χ3v) is 5.70. The Hall–Kier alpha value is -2.76. The summed E-state index contributed by atoms with van der Waals surface area (Å²) in [6, 6.07) is 6.25. The normalized spacial score (nSPS) is 16.6. The van der Waals surface area contributed by atoms with Gasteiger partial charge < -0.3 is 10.6 Å². The molecule has 6 heteroatoms. The van der Waals surface area contributed by atoms with Crippen LogP contribution in [0, 0.1) is 12.8 Å². The van der Waals surface area contributed by atoms with Crippen LogP contribution in [0.25, 0.3) is 11.3 Å². The number of nitrogens with one attached hydrogen (secondary N) is 2. The summed E-state index contributed by atoms with van der Waals surface area (Å²) in [6.45, 7) is 10.7. The molecule has 0 atom stereocenters. The maximum atomic E-state index is 13.9. The molecular formula is C23H26F2N4. The van der Waals surface area contributed by atoms with Crippen LogP contribution in [0.3, 0.4) is 0 Å². The van der Waals surface area contributed by atoms with Gasteiger partial charge in [0.15, 0.2) is 0 Å².